The second-order valence-corrected chi connectivity index (χ2v) is 6.03. The van der Waals surface area contributed by atoms with Gasteiger partial charge in [0, 0.05) is 24.7 Å². The minimum absolute atomic E-state index is 0.100. The van der Waals surface area contributed by atoms with E-state index in [4.69, 9.17) is 0 Å². The first-order chi connectivity index (χ1) is 9.02. The van der Waals surface area contributed by atoms with Gasteiger partial charge in [-0.15, -0.1) is 0 Å². The summed E-state index contributed by atoms with van der Waals surface area (Å²) in [5.74, 6) is 0. The van der Waals surface area contributed by atoms with E-state index in [0.29, 0.717) is 0 Å². The molecule has 3 rings (SSSR count). The van der Waals surface area contributed by atoms with E-state index in [-0.39, 0.29) is 5.41 Å². The van der Waals surface area contributed by atoms with Gasteiger partial charge >= 0.3 is 0 Å². The largest absolute Gasteiger partial charge is 0.373 e. The number of hydrogen-bond acceptors (Lipinski definition) is 1. The van der Waals surface area contributed by atoms with Gasteiger partial charge in [0.25, 0.3) is 0 Å². The van der Waals surface area contributed by atoms with Crippen LogP contribution in [0.1, 0.15) is 29.2 Å². The van der Waals surface area contributed by atoms with Gasteiger partial charge in [0.2, 0.25) is 0 Å². The van der Waals surface area contributed by atoms with E-state index >= 15 is 0 Å². The Morgan fingerprint density at radius 1 is 1.05 bits per heavy atom. The molecule has 0 N–H and O–H groups in total. The minimum atomic E-state index is 0.100. The molecule has 0 aliphatic carbocycles. The molecule has 0 spiro atoms. The van der Waals surface area contributed by atoms with Crippen LogP contribution in [0.5, 0.6) is 0 Å². The van der Waals surface area contributed by atoms with Crippen LogP contribution in [-0.4, -0.2) is 13.6 Å². The number of likely N-dealkylation sites (N-methyl/N-ethyl adjacent to an activating group) is 1. The number of benzene rings is 2. The van der Waals surface area contributed by atoms with Gasteiger partial charge in [-0.25, -0.2) is 0 Å². The Kier molecular flexibility index (Phi) is 2.67. The van der Waals surface area contributed by atoms with Crippen molar-refractivity contribution in [2.24, 2.45) is 0 Å². The Bertz CT molecular complexity index is 615. The average molecular weight is 251 g/mol. The SMILES string of the molecule is Cc1cc(C)c2c(c1)N(C)CC2(C)c1ccccc1. The molecule has 0 bridgehead atoms. The lowest BCUT2D eigenvalue weighted by molar-refractivity contribution is 0.606. The zero-order valence-corrected chi connectivity index (χ0v) is 12.2. The molecule has 1 aliphatic heterocycles. The molecule has 0 saturated heterocycles. The first-order valence-corrected chi connectivity index (χ1v) is 6.91. The topological polar surface area (TPSA) is 3.24 Å². The van der Waals surface area contributed by atoms with E-state index < -0.39 is 0 Å². The number of aryl methyl sites for hydroxylation is 2. The number of nitrogens with zero attached hydrogens (tertiary/aromatic N) is 1. The lowest BCUT2D eigenvalue weighted by Gasteiger charge is -2.27. The van der Waals surface area contributed by atoms with Gasteiger partial charge in [0.05, 0.1) is 0 Å². The van der Waals surface area contributed by atoms with Crippen LogP contribution in [0.4, 0.5) is 5.69 Å². The highest BCUT2D eigenvalue weighted by atomic mass is 15.1. The van der Waals surface area contributed by atoms with Crippen molar-refractivity contribution in [3.05, 3.63) is 64.7 Å². The molecule has 1 aliphatic rings. The molecule has 0 saturated carbocycles. The van der Waals surface area contributed by atoms with Crippen molar-refractivity contribution in [2.75, 3.05) is 18.5 Å². The van der Waals surface area contributed by atoms with Crippen LogP contribution in [0.25, 0.3) is 0 Å². The summed E-state index contributed by atoms with van der Waals surface area (Å²) >= 11 is 0. The number of hydrogen-bond donors (Lipinski definition) is 0. The summed E-state index contributed by atoms with van der Waals surface area (Å²) in [6.07, 6.45) is 0. The summed E-state index contributed by atoms with van der Waals surface area (Å²) < 4.78 is 0. The summed E-state index contributed by atoms with van der Waals surface area (Å²) in [5.41, 5.74) is 7.15. The van der Waals surface area contributed by atoms with Crippen molar-refractivity contribution in [1.29, 1.82) is 0 Å². The molecule has 1 atom stereocenters. The normalized spacial score (nSPS) is 21.6. The lowest BCUT2D eigenvalue weighted by atomic mass is 9.76. The van der Waals surface area contributed by atoms with Gasteiger partial charge in [-0.05, 0) is 49.1 Å². The van der Waals surface area contributed by atoms with Crippen molar-refractivity contribution in [3.63, 3.8) is 0 Å². The van der Waals surface area contributed by atoms with Crippen LogP contribution in [0.3, 0.4) is 0 Å². The van der Waals surface area contributed by atoms with Crippen molar-refractivity contribution >= 4 is 5.69 Å². The van der Waals surface area contributed by atoms with Crippen molar-refractivity contribution in [2.45, 2.75) is 26.2 Å². The van der Waals surface area contributed by atoms with E-state index in [0.717, 1.165) is 6.54 Å². The molecule has 19 heavy (non-hydrogen) atoms. The molecule has 0 radical (unpaired) electrons. The van der Waals surface area contributed by atoms with E-state index in [1.54, 1.807) is 0 Å². The molecule has 0 aromatic heterocycles. The summed E-state index contributed by atoms with van der Waals surface area (Å²) in [6, 6.07) is 15.5. The Labute approximate surface area is 115 Å². The van der Waals surface area contributed by atoms with Gasteiger partial charge in [-0.2, -0.15) is 0 Å². The van der Waals surface area contributed by atoms with Gasteiger partial charge in [-0.3, -0.25) is 0 Å². The zero-order valence-electron chi connectivity index (χ0n) is 12.2. The molecule has 0 fully saturated rings. The van der Waals surface area contributed by atoms with Crippen LogP contribution in [-0.2, 0) is 5.41 Å². The number of rotatable bonds is 1. The Morgan fingerprint density at radius 2 is 1.74 bits per heavy atom. The van der Waals surface area contributed by atoms with Crippen molar-refractivity contribution < 1.29 is 0 Å². The first-order valence-electron chi connectivity index (χ1n) is 6.91. The average Bonchev–Trinajstić information content (AvgIpc) is 2.63. The molecule has 1 heterocycles. The maximum atomic E-state index is 2.39. The first kappa shape index (κ1) is 12.3. The molecule has 2 aromatic rings. The van der Waals surface area contributed by atoms with Gasteiger partial charge < -0.3 is 4.90 Å². The predicted octanol–water partition coefficient (Wildman–Crippen LogP) is 4.06. The smallest absolute Gasteiger partial charge is 0.0411 e. The molecule has 2 aromatic carbocycles. The molecule has 1 nitrogen and oxygen atoms in total. The van der Waals surface area contributed by atoms with Crippen LogP contribution >= 0.6 is 0 Å². The fourth-order valence-corrected chi connectivity index (χ4v) is 3.64. The molecule has 1 unspecified atom stereocenters. The van der Waals surface area contributed by atoms with Gasteiger partial charge in [0.1, 0.15) is 0 Å². The summed E-state index contributed by atoms with van der Waals surface area (Å²) in [5, 5.41) is 0. The fraction of sp³-hybridized carbons (Fsp3) is 0.333. The van der Waals surface area contributed by atoms with Crippen LogP contribution in [0.15, 0.2) is 42.5 Å². The van der Waals surface area contributed by atoms with Gasteiger partial charge in [-0.1, -0.05) is 36.4 Å². The summed E-state index contributed by atoms with van der Waals surface area (Å²) in [7, 11) is 2.20. The molecule has 1 heteroatoms. The van der Waals surface area contributed by atoms with Crippen LogP contribution in [0.2, 0.25) is 0 Å². The molecule has 0 amide bonds. The predicted molar refractivity (Wildman–Crippen MR) is 82.1 cm³/mol. The highest BCUT2D eigenvalue weighted by Gasteiger charge is 2.40. The Morgan fingerprint density at radius 3 is 2.42 bits per heavy atom. The van der Waals surface area contributed by atoms with Crippen molar-refractivity contribution in [1.82, 2.24) is 0 Å². The van der Waals surface area contributed by atoms with E-state index in [2.05, 4.69) is 75.2 Å². The third-order valence-electron chi connectivity index (χ3n) is 4.39. The van der Waals surface area contributed by atoms with Crippen LogP contribution < -0.4 is 4.90 Å². The Hall–Kier alpha value is -1.76. The second-order valence-electron chi connectivity index (χ2n) is 6.03. The minimum Gasteiger partial charge on any atom is -0.373 e. The molecular weight excluding hydrogens is 230 g/mol. The maximum Gasteiger partial charge on any atom is 0.0411 e. The number of anilines is 1. The van der Waals surface area contributed by atoms with Crippen LogP contribution in [0, 0.1) is 13.8 Å². The second kappa shape index (κ2) is 4.12. The third-order valence-corrected chi connectivity index (χ3v) is 4.39. The monoisotopic (exact) mass is 251 g/mol. The Balaban J connectivity index is 2.24. The number of fused-ring (bicyclic) bond motifs is 1. The highest BCUT2D eigenvalue weighted by molar-refractivity contribution is 5.68. The lowest BCUT2D eigenvalue weighted by Crippen LogP contribution is -2.30. The highest BCUT2D eigenvalue weighted by Crippen LogP contribution is 2.46. The van der Waals surface area contributed by atoms with Crippen molar-refractivity contribution in [3.8, 4) is 0 Å². The quantitative estimate of drug-likeness (QED) is 0.739. The van der Waals surface area contributed by atoms with E-state index in [1.165, 1.54) is 27.9 Å². The van der Waals surface area contributed by atoms with Gasteiger partial charge in [0.15, 0.2) is 0 Å². The van der Waals surface area contributed by atoms with E-state index in [9.17, 15) is 0 Å². The summed E-state index contributed by atoms with van der Waals surface area (Å²) in [6.45, 7) is 7.84. The maximum absolute atomic E-state index is 2.39. The molecular formula is C18H21N. The molecule has 98 valence electrons. The van der Waals surface area contributed by atoms with E-state index in [1.807, 2.05) is 0 Å². The zero-order chi connectivity index (χ0) is 13.6. The summed E-state index contributed by atoms with van der Waals surface area (Å²) in [4.78, 5) is 2.39. The third kappa shape index (κ3) is 1.76. The fourth-order valence-electron chi connectivity index (χ4n) is 3.64. The standard InChI is InChI=1S/C18H21N/c1-13-10-14(2)17-16(11-13)19(4)12-18(17,3)15-8-6-5-7-9-15/h5-11H,12H2,1-4H3.